The van der Waals surface area contributed by atoms with E-state index in [4.69, 9.17) is 14.7 Å². The molecular formula is C55H66N10O6. The van der Waals surface area contributed by atoms with E-state index in [1.54, 1.807) is 11.1 Å². The number of hydrogen-bond donors (Lipinski definition) is 5. The van der Waals surface area contributed by atoms with Crippen molar-refractivity contribution in [2.24, 2.45) is 11.8 Å². The number of imidazole rings is 2. The normalized spacial score (nSPS) is 18.2. The Hall–Kier alpha value is -7.36. The van der Waals surface area contributed by atoms with Crippen LogP contribution in [0.3, 0.4) is 0 Å². The number of H-pyrrole nitrogens is 2. The van der Waals surface area contributed by atoms with Crippen molar-refractivity contribution < 1.29 is 29.0 Å². The molecule has 3 aromatic carbocycles. The largest absolute Gasteiger partial charge is 0.465 e. The van der Waals surface area contributed by atoms with Gasteiger partial charge in [-0.25, -0.2) is 19.6 Å². The number of carbonyl (C=O) groups excluding carboxylic acids is 3. The van der Waals surface area contributed by atoms with E-state index in [2.05, 4.69) is 115 Å². The minimum atomic E-state index is -1.21. The predicted octanol–water partition coefficient (Wildman–Crippen LogP) is 9.97. The quantitative estimate of drug-likeness (QED) is 0.0706. The van der Waals surface area contributed by atoms with Crippen LogP contribution in [0.15, 0.2) is 97.3 Å². The first-order valence-electron chi connectivity index (χ1n) is 25.2. The number of anilines is 1. The zero-order chi connectivity index (χ0) is 49.8. The highest BCUT2D eigenvalue weighted by Crippen LogP contribution is 2.38. The van der Waals surface area contributed by atoms with Gasteiger partial charge >= 0.3 is 12.2 Å². The highest BCUT2D eigenvalue weighted by atomic mass is 16.5. The van der Waals surface area contributed by atoms with Crippen molar-refractivity contribution in [1.29, 1.82) is 0 Å². The highest BCUT2D eigenvalue weighted by molar-refractivity contribution is 5.87. The van der Waals surface area contributed by atoms with Crippen molar-refractivity contribution in [2.75, 3.05) is 38.2 Å². The van der Waals surface area contributed by atoms with Crippen LogP contribution in [0.1, 0.15) is 103 Å². The number of likely N-dealkylation sites (tertiary alicyclic amines) is 2. The molecule has 4 atom stereocenters. The van der Waals surface area contributed by atoms with Gasteiger partial charge in [0.1, 0.15) is 23.7 Å². The van der Waals surface area contributed by atoms with Gasteiger partial charge in [-0.05, 0) is 109 Å². The van der Waals surface area contributed by atoms with E-state index in [0.29, 0.717) is 18.9 Å². The number of hydrogen-bond acceptors (Lipinski definition) is 8. The Labute approximate surface area is 415 Å². The highest BCUT2D eigenvalue weighted by Gasteiger charge is 2.39. The molecule has 3 saturated heterocycles. The fourth-order valence-corrected chi connectivity index (χ4v) is 10.6. The summed E-state index contributed by atoms with van der Waals surface area (Å²) < 4.78 is 7.13. The number of ether oxygens (including phenoxy) is 1. The SMILES string of the molecule is COC(=O)N[C@H](C(=O)N1CCC[C@H]1c1ncc(-c2ccc(-c3ccc(-c4ccc(-c5cnc([C@@H]6CCCN6C(=O)[C@@H](NC(=O)O)C(C)C)[nH]5)cc4)n3-c3ccc(N4CCCCCC4)cc3)cc2)[nH]1)C(C)C. The van der Waals surface area contributed by atoms with E-state index in [1.807, 2.05) is 38.8 Å². The Morgan fingerprint density at radius 2 is 1.01 bits per heavy atom. The molecule has 16 heteroatoms. The van der Waals surface area contributed by atoms with Crippen LogP contribution in [0.4, 0.5) is 15.3 Å². The summed E-state index contributed by atoms with van der Waals surface area (Å²) in [7, 11) is 1.30. The average Bonchev–Trinajstić information content (AvgIpc) is 4.24. The lowest BCUT2D eigenvalue weighted by Gasteiger charge is -2.30. The number of nitrogens with one attached hydrogen (secondary N) is 4. The number of amides is 4. The smallest absolute Gasteiger partial charge is 0.407 e. The molecule has 3 aromatic heterocycles. The molecule has 3 fully saturated rings. The lowest BCUT2D eigenvalue weighted by atomic mass is 10.0. The fraction of sp³-hybridized carbons (Fsp3) is 0.418. The minimum absolute atomic E-state index is 0.121. The molecule has 6 aromatic rings. The van der Waals surface area contributed by atoms with Gasteiger partial charge in [-0.3, -0.25) is 9.59 Å². The van der Waals surface area contributed by atoms with Gasteiger partial charge in [0, 0.05) is 37.6 Å². The summed E-state index contributed by atoms with van der Waals surface area (Å²) in [5, 5.41) is 14.6. The third-order valence-corrected chi connectivity index (χ3v) is 14.4. The van der Waals surface area contributed by atoms with Crippen LogP contribution in [-0.2, 0) is 14.3 Å². The second-order valence-electron chi connectivity index (χ2n) is 19.8. The third kappa shape index (κ3) is 10.4. The Morgan fingerprint density at radius 1 is 0.577 bits per heavy atom. The molecule has 0 unspecified atom stereocenters. The van der Waals surface area contributed by atoms with Gasteiger partial charge in [-0.15, -0.1) is 0 Å². The first-order chi connectivity index (χ1) is 34.4. The molecule has 3 aliphatic rings. The van der Waals surface area contributed by atoms with Gasteiger partial charge in [-0.1, -0.05) is 89.1 Å². The second kappa shape index (κ2) is 21.3. The standard InChI is InChI=1S/C55H66N10O6/c1-34(2)48(60-54(68)69)52(66)63-30-10-12-46(63)50-56-32-42(58-50)36-14-18-38(19-15-36)44-26-27-45(65(44)41-24-22-40(23-25-41)62-28-8-6-7-9-29-62)39-20-16-37(17-21-39)43-33-57-51(59-43)47-13-11-31-64(47)53(67)49(35(3)4)61-55(70)71-5/h14-27,32-35,46-49,60H,6-13,28-31H2,1-5H3,(H,56,58)(H,57,59)(H,61,70)(H,68,69)/t46-,47-,48-,49-/m0/s1. The fourth-order valence-electron chi connectivity index (χ4n) is 10.6. The Balaban J connectivity index is 0.975. The number of alkyl carbamates (subject to hydrolysis) is 1. The molecule has 9 rings (SSSR count). The van der Waals surface area contributed by atoms with E-state index >= 15 is 0 Å². The first kappa shape index (κ1) is 48.7. The zero-order valence-corrected chi connectivity index (χ0v) is 41.4. The number of rotatable bonds is 14. The summed E-state index contributed by atoms with van der Waals surface area (Å²) in [5.74, 6) is 0.708. The van der Waals surface area contributed by atoms with Gasteiger partial charge in [0.05, 0.1) is 54.4 Å². The third-order valence-electron chi connectivity index (χ3n) is 14.4. The Bertz CT molecular complexity index is 2800. The predicted molar refractivity (Wildman–Crippen MR) is 274 cm³/mol. The maximum Gasteiger partial charge on any atom is 0.407 e. The van der Waals surface area contributed by atoms with Crippen LogP contribution in [0.5, 0.6) is 0 Å². The maximum atomic E-state index is 13.8. The number of carbonyl (C=O) groups is 4. The monoisotopic (exact) mass is 963 g/mol. The topological polar surface area (TPSA) is 194 Å². The van der Waals surface area contributed by atoms with E-state index in [9.17, 15) is 24.3 Å². The summed E-state index contributed by atoms with van der Waals surface area (Å²) in [5.41, 5.74) is 10.1. The molecule has 0 saturated carbocycles. The second-order valence-corrected chi connectivity index (χ2v) is 19.8. The van der Waals surface area contributed by atoms with Gasteiger partial charge in [0.25, 0.3) is 0 Å². The lowest BCUT2D eigenvalue weighted by molar-refractivity contribution is -0.136. The molecule has 372 valence electrons. The molecular weight excluding hydrogens is 897 g/mol. The molecule has 4 amide bonds. The van der Waals surface area contributed by atoms with E-state index < -0.39 is 24.3 Å². The van der Waals surface area contributed by atoms with Crippen molar-refractivity contribution in [3.8, 4) is 50.7 Å². The Kier molecular flexibility index (Phi) is 14.6. The van der Waals surface area contributed by atoms with E-state index in [1.165, 1.54) is 38.5 Å². The summed E-state index contributed by atoms with van der Waals surface area (Å²) in [4.78, 5) is 73.6. The van der Waals surface area contributed by atoms with Crippen LogP contribution in [0.25, 0.3) is 50.7 Å². The van der Waals surface area contributed by atoms with Crippen molar-refractivity contribution in [3.63, 3.8) is 0 Å². The Morgan fingerprint density at radius 3 is 1.45 bits per heavy atom. The zero-order valence-electron chi connectivity index (χ0n) is 41.4. The van der Waals surface area contributed by atoms with Crippen LogP contribution in [-0.4, -0.2) is 109 Å². The van der Waals surface area contributed by atoms with Crippen molar-refractivity contribution in [3.05, 3.63) is 109 Å². The van der Waals surface area contributed by atoms with Crippen LogP contribution < -0.4 is 15.5 Å². The van der Waals surface area contributed by atoms with Crippen molar-refractivity contribution in [2.45, 2.75) is 103 Å². The van der Waals surface area contributed by atoms with Gasteiger partial charge in [-0.2, -0.15) is 0 Å². The summed E-state index contributed by atoms with van der Waals surface area (Å²) in [6.07, 6.45) is 9.90. The lowest BCUT2D eigenvalue weighted by Crippen LogP contribution is -2.51. The number of aromatic nitrogens is 5. The number of carboxylic acid groups (broad SMARTS) is 1. The molecule has 0 radical (unpaired) electrons. The molecule has 5 N–H and O–H groups in total. The number of benzene rings is 3. The van der Waals surface area contributed by atoms with Crippen LogP contribution in [0.2, 0.25) is 0 Å². The van der Waals surface area contributed by atoms with Crippen LogP contribution >= 0.6 is 0 Å². The average molecular weight is 963 g/mol. The van der Waals surface area contributed by atoms with Crippen molar-refractivity contribution in [1.82, 2.24) is 44.9 Å². The van der Waals surface area contributed by atoms with Gasteiger partial charge in [0.15, 0.2) is 0 Å². The summed E-state index contributed by atoms with van der Waals surface area (Å²) >= 11 is 0. The summed E-state index contributed by atoms with van der Waals surface area (Å²) in [6, 6.07) is 28.1. The first-order valence-corrected chi connectivity index (χ1v) is 25.2. The number of aromatic amines is 2. The minimum Gasteiger partial charge on any atom is -0.465 e. The van der Waals surface area contributed by atoms with Gasteiger partial charge < -0.3 is 49.7 Å². The van der Waals surface area contributed by atoms with Gasteiger partial charge in [0.2, 0.25) is 11.8 Å². The molecule has 0 aliphatic carbocycles. The van der Waals surface area contributed by atoms with E-state index in [0.717, 1.165) is 95.3 Å². The molecule has 0 bridgehead atoms. The maximum absolute atomic E-state index is 13.8. The van der Waals surface area contributed by atoms with E-state index in [-0.39, 0.29) is 35.7 Å². The molecule has 71 heavy (non-hydrogen) atoms. The molecule has 6 heterocycles. The number of nitrogens with zero attached hydrogens (tertiary/aromatic N) is 6. The number of methoxy groups -OCH3 is 1. The summed E-state index contributed by atoms with van der Waals surface area (Å²) in [6.45, 7) is 10.8. The van der Waals surface area contributed by atoms with Crippen molar-refractivity contribution >= 4 is 29.7 Å². The van der Waals surface area contributed by atoms with Crippen LogP contribution in [0, 0.1) is 11.8 Å². The molecule has 16 nitrogen and oxygen atoms in total. The molecule has 3 aliphatic heterocycles. The molecule has 0 spiro atoms.